The van der Waals surface area contributed by atoms with Crippen molar-refractivity contribution < 1.29 is 9.53 Å². The van der Waals surface area contributed by atoms with E-state index in [1.165, 1.54) is 64.2 Å². The number of esters is 1. The maximum Gasteiger partial charge on any atom is 0.307 e. The third kappa shape index (κ3) is 4.97. The molecule has 2 unspecified atom stereocenters. The van der Waals surface area contributed by atoms with Crippen LogP contribution in [-0.4, -0.2) is 12.1 Å². The highest BCUT2D eigenvalue weighted by molar-refractivity contribution is 5.69. The molecular formula is C32H52O2. The molecule has 192 valence electrons. The Morgan fingerprint density at radius 2 is 1.71 bits per heavy atom. The number of carbonyl (C=O) groups excluding carboxylic acids is 1. The highest BCUT2D eigenvalue weighted by Crippen LogP contribution is 2.68. The first-order valence-electron chi connectivity index (χ1n) is 14.8. The number of fused-ring (bicyclic) bond motifs is 5. The third-order valence-electron chi connectivity index (χ3n) is 11.6. The number of hydrogen-bond acceptors (Lipinski definition) is 2. The Morgan fingerprint density at radius 3 is 2.44 bits per heavy atom. The lowest BCUT2D eigenvalue weighted by atomic mass is 9.44. The molecule has 4 aliphatic carbocycles. The SMILES string of the molecule is C#CCCC(=O)OC1CC[C@@]2(C)C(CC[C@H]3[C@@H]4CC[C@H]([C@H](C)CCCC(C)C)[C@@]4(C)CC[C@@H]32)C1. The van der Waals surface area contributed by atoms with Gasteiger partial charge in [0.1, 0.15) is 6.10 Å². The molecule has 4 rings (SSSR count). The van der Waals surface area contributed by atoms with E-state index in [1.54, 1.807) is 0 Å². The van der Waals surface area contributed by atoms with Crippen LogP contribution in [-0.2, 0) is 9.53 Å². The highest BCUT2D eigenvalue weighted by atomic mass is 16.5. The van der Waals surface area contributed by atoms with E-state index < -0.39 is 0 Å². The average Bonchev–Trinajstić information content (AvgIpc) is 3.15. The molecule has 4 saturated carbocycles. The largest absolute Gasteiger partial charge is 0.462 e. The maximum absolute atomic E-state index is 12.2. The predicted octanol–water partition coefficient (Wildman–Crippen LogP) is 8.43. The van der Waals surface area contributed by atoms with Crippen molar-refractivity contribution in [3.63, 3.8) is 0 Å². The minimum Gasteiger partial charge on any atom is -0.462 e. The number of terminal acetylenes is 1. The summed E-state index contributed by atoms with van der Waals surface area (Å²) in [7, 11) is 0. The number of rotatable bonds is 8. The molecule has 0 aromatic rings. The lowest BCUT2D eigenvalue weighted by Crippen LogP contribution is -2.54. The summed E-state index contributed by atoms with van der Waals surface area (Å²) in [6.45, 7) is 12.6. The molecule has 2 nitrogen and oxygen atoms in total. The van der Waals surface area contributed by atoms with E-state index in [-0.39, 0.29) is 12.1 Å². The quantitative estimate of drug-likeness (QED) is 0.264. The number of hydrogen-bond donors (Lipinski definition) is 0. The lowest BCUT2D eigenvalue weighted by Gasteiger charge is -2.61. The summed E-state index contributed by atoms with van der Waals surface area (Å²) in [5, 5.41) is 0. The molecule has 4 aliphatic rings. The molecule has 9 atom stereocenters. The van der Waals surface area contributed by atoms with E-state index in [4.69, 9.17) is 11.2 Å². The molecule has 34 heavy (non-hydrogen) atoms. The Balaban J connectivity index is 1.38. The maximum atomic E-state index is 12.2. The van der Waals surface area contributed by atoms with Gasteiger partial charge in [0.15, 0.2) is 0 Å². The predicted molar refractivity (Wildman–Crippen MR) is 141 cm³/mol. The third-order valence-corrected chi connectivity index (χ3v) is 11.6. The summed E-state index contributed by atoms with van der Waals surface area (Å²) in [6.07, 6.45) is 22.5. The van der Waals surface area contributed by atoms with Gasteiger partial charge in [-0.05, 0) is 110 Å². The van der Waals surface area contributed by atoms with Crippen LogP contribution in [0.2, 0.25) is 0 Å². The zero-order valence-corrected chi connectivity index (χ0v) is 22.9. The summed E-state index contributed by atoms with van der Waals surface area (Å²) in [4.78, 5) is 12.2. The van der Waals surface area contributed by atoms with Crippen molar-refractivity contribution in [3.05, 3.63) is 0 Å². The van der Waals surface area contributed by atoms with Crippen molar-refractivity contribution in [1.82, 2.24) is 0 Å². The Morgan fingerprint density at radius 1 is 0.971 bits per heavy atom. The molecule has 0 saturated heterocycles. The van der Waals surface area contributed by atoms with Crippen LogP contribution >= 0.6 is 0 Å². The van der Waals surface area contributed by atoms with Gasteiger partial charge >= 0.3 is 5.97 Å². The van der Waals surface area contributed by atoms with Crippen LogP contribution in [0.5, 0.6) is 0 Å². The van der Waals surface area contributed by atoms with Gasteiger partial charge in [0.2, 0.25) is 0 Å². The van der Waals surface area contributed by atoms with Gasteiger partial charge in [-0.1, -0.05) is 53.9 Å². The van der Waals surface area contributed by atoms with Crippen LogP contribution < -0.4 is 0 Å². The second-order valence-corrected chi connectivity index (χ2v) is 13.8. The molecule has 0 N–H and O–H groups in total. The second-order valence-electron chi connectivity index (χ2n) is 13.8. The Bertz CT molecular complexity index is 749. The Hall–Kier alpha value is -0.970. The van der Waals surface area contributed by atoms with Gasteiger partial charge in [-0.2, -0.15) is 0 Å². The van der Waals surface area contributed by atoms with E-state index in [2.05, 4.69) is 40.5 Å². The van der Waals surface area contributed by atoms with Crippen LogP contribution in [0.25, 0.3) is 0 Å². The molecule has 0 heterocycles. The average molecular weight is 469 g/mol. The molecule has 0 spiro atoms. The zero-order valence-electron chi connectivity index (χ0n) is 22.9. The van der Waals surface area contributed by atoms with E-state index in [1.807, 2.05) is 0 Å². The molecular weight excluding hydrogens is 416 g/mol. The van der Waals surface area contributed by atoms with E-state index in [9.17, 15) is 4.79 Å². The van der Waals surface area contributed by atoms with Crippen molar-refractivity contribution >= 4 is 5.97 Å². The molecule has 0 aliphatic heterocycles. The lowest BCUT2D eigenvalue weighted by molar-refractivity contribution is -0.162. The second kappa shape index (κ2) is 10.6. The molecule has 0 bridgehead atoms. The number of carbonyl (C=O) groups is 1. The summed E-state index contributed by atoms with van der Waals surface area (Å²) >= 11 is 0. The summed E-state index contributed by atoms with van der Waals surface area (Å²) < 4.78 is 5.86. The smallest absolute Gasteiger partial charge is 0.307 e. The van der Waals surface area contributed by atoms with Crippen LogP contribution in [0.1, 0.15) is 125 Å². The van der Waals surface area contributed by atoms with Gasteiger partial charge in [0.05, 0.1) is 6.42 Å². The van der Waals surface area contributed by atoms with Crippen LogP contribution in [0.15, 0.2) is 0 Å². The van der Waals surface area contributed by atoms with Gasteiger partial charge in [0, 0.05) is 6.42 Å². The number of ether oxygens (including phenoxy) is 1. The van der Waals surface area contributed by atoms with Crippen molar-refractivity contribution in [2.75, 3.05) is 0 Å². The van der Waals surface area contributed by atoms with Crippen LogP contribution in [0, 0.1) is 64.6 Å². The minimum atomic E-state index is -0.0896. The molecule has 0 radical (unpaired) electrons. The highest BCUT2D eigenvalue weighted by Gasteiger charge is 2.60. The van der Waals surface area contributed by atoms with Crippen molar-refractivity contribution in [2.45, 2.75) is 131 Å². The van der Waals surface area contributed by atoms with Gasteiger partial charge in [-0.15, -0.1) is 12.3 Å². The van der Waals surface area contributed by atoms with E-state index in [0.29, 0.717) is 23.7 Å². The van der Waals surface area contributed by atoms with Crippen molar-refractivity contribution in [1.29, 1.82) is 0 Å². The van der Waals surface area contributed by atoms with Gasteiger partial charge in [-0.25, -0.2) is 0 Å². The van der Waals surface area contributed by atoms with Crippen molar-refractivity contribution in [2.24, 2.45) is 52.3 Å². The molecule has 2 heteroatoms. The monoisotopic (exact) mass is 468 g/mol. The molecule has 0 amide bonds. The first-order valence-corrected chi connectivity index (χ1v) is 14.8. The zero-order chi connectivity index (χ0) is 24.5. The van der Waals surface area contributed by atoms with Crippen LogP contribution in [0.3, 0.4) is 0 Å². The molecule has 0 aromatic carbocycles. The van der Waals surface area contributed by atoms with Gasteiger partial charge in [-0.3, -0.25) is 4.79 Å². The summed E-state index contributed by atoms with van der Waals surface area (Å²) in [6, 6.07) is 0. The topological polar surface area (TPSA) is 26.3 Å². The fraction of sp³-hybridized carbons (Fsp3) is 0.906. The minimum absolute atomic E-state index is 0.0896. The Labute approximate surface area is 210 Å². The summed E-state index contributed by atoms with van der Waals surface area (Å²) in [5.41, 5.74) is 1.03. The van der Waals surface area contributed by atoms with Crippen LogP contribution in [0.4, 0.5) is 0 Å². The van der Waals surface area contributed by atoms with Gasteiger partial charge < -0.3 is 4.74 Å². The fourth-order valence-electron chi connectivity index (χ4n) is 9.77. The molecule has 4 fully saturated rings. The Kier molecular flexibility index (Phi) is 8.11. The van der Waals surface area contributed by atoms with Crippen molar-refractivity contribution in [3.8, 4) is 12.3 Å². The molecule has 0 aromatic heterocycles. The first-order chi connectivity index (χ1) is 16.2. The standard InChI is InChI=1S/C32H52O2/c1-7-8-12-30(33)34-25-17-19-31(5)24(21-25)13-14-26-28-16-15-27(23(4)11-9-10-22(2)3)32(28,6)20-18-29(26)31/h1,22-29H,8-21H2,2-6H3/t23-,24?,25?,26+,27-,28+,29+,31+,32-/m1/s1. The van der Waals surface area contributed by atoms with E-state index in [0.717, 1.165) is 54.3 Å². The van der Waals surface area contributed by atoms with Gasteiger partial charge in [0.25, 0.3) is 0 Å². The normalized spacial score (nSPS) is 42.3. The van der Waals surface area contributed by atoms with E-state index >= 15 is 0 Å². The fourth-order valence-corrected chi connectivity index (χ4v) is 9.77. The summed E-state index contributed by atoms with van der Waals surface area (Å²) in [5.74, 6) is 8.63. The first kappa shape index (κ1) is 26.1.